The van der Waals surface area contributed by atoms with Gasteiger partial charge in [-0.3, -0.25) is 9.59 Å². The number of esters is 1. The number of hydrogen-bond donors (Lipinski definition) is 1. The van der Waals surface area contributed by atoms with Crippen LogP contribution in [0, 0.1) is 13.8 Å². The van der Waals surface area contributed by atoms with Gasteiger partial charge in [0.15, 0.2) is 5.78 Å². The predicted molar refractivity (Wildman–Crippen MR) is 69.7 cm³/mol. The molecule has 0 aromatic heterocycles. The zero-order chi connectivity index (χ0) is 13.7. The van der Waals surface area contributed by atoms with Gasteiger partial charge in [-0.2, -0.15) is 0 Å². The number of hydrogen-bond acceptors (Lipinski definition) is 4. The molecule has 0 fully saturated rings. The van der Waals surface area contributed by atoms with Crippen LogP contribution in [0.5, 0.6) is 0 Å². The standard InChI is InChI=1S/C14H19NO3/c1-9-5-6-11(7-10(9)2)14(17)12(15-3)8-13(16)18-4/h5-7,12,15H,8H2,1-4H3. The highest BCUT2D eigenvalue weighted by Crippen LogP contribution is 2.13. The van der Waals surface area contributed by atoms with Crippen LogP contribution in [0.3, 0.4) is 0 Å². The van der Waals surface area contributed by atoms with Gasteiger partial charge in [-0.1, -0.05) is 12.1 Å². The van der Waals surface area contributed by atoms with Crippen LogP contribution in [0.1, 0.15) is 27.9 Å². The summed E-state index contributed by atoms with van der Waals surface area (Å²) in [5.74, 6) is -0.488. The lowest BCUT2D eigenvalue weighted by Gasteiger charge is -2.14. The molecule has 1 aromatic rings. The fourth-order valence-corrected chi connectivity index (χ4v) is 1.67. The third-order valence-corrected chi connectivity index (χ3v) is 3.05. The van der Waals surface area contributed by atoms with E-state index < -0.39 is 12.0 Å². The number of benzene rings is 1. The van der Waals surface area contributed by atoms with E-state index in [1.807, 2.05) is 26.0 Å². The minimum absolute atomic E-state index is 0.0404. The molecular formula is C14H19NO3. The SMILES string of the molecule is CNC(CC(=O)OC)C(=O)c1ccc(C)c(C)c1. The van der Waals surface area contributed by atoms with Gasteiger partial charge in [0.1, 0.15) is 0 Å². The Morgan fingerprint density at radius 3 is 2.44 bits per heavy atom. The van der Waals surface area contributed by atoms with Crippen LogP contribution in [-0.4, -0.2) is 32.0 Å². The molecule has 0 spiro atoms. The highest BCUT2D eigenvalue weighted by molar-refractivity contribution is 6.02. The van der Waals surface area contributed by atoms with Gasteiger partial charge < -0.3 is 10.1 Å². The average Bonchev–Trinajstić information content (AvgIpc) is 2.38. The lowest BCUT2D eigenvalue weighted by molar-refractivity contribution is -0.140. The molecule has 1 unspecified atom stereocenters. The van der Waals surface area contributed by atoms with E-state index >= 15 is 0 Å². The number of rotatable bonds is 5. The molecule has 98 valence electrons. The Balaban J connectivity index is 2.89. The fourth-order valence-electron chi connectivity index (χ4n) is 1.67. The van der Waals surface area contributed by atoms with E-state index in [9.17, 15) is 9.59 Å². The van der Waals surface area contributed by atoms with Crippen LogP contribution in [0.25, 0.3) is 0 Å². The normalized spacial score (nSPS) is 12.0. The summed E-state index contributed by atoms with van der Waals surface area (Å²) in [6.45, 7) is 3.95. The van der Waals surface area contributed by atoms with Crippen LogP contribution in [0.15, 0.2) is 18.2 Å². The molecule has 0 amide bonds. The average molecular weight is 249 g/mol. The molecule has 0 aliphatic heterocycles. The minimum atomic E-state index is -0.542. The molecule has 0 bridgehead atoms. The largest absolute Gasteiger partial charge is 0.469 e. The van der Waals surface area contributed by atoms with E-state index in [0.29, 0.717) is 5.56 Å². The lowest BCUT2D eigenvalue weighted by atomic mass is 9.98. The summed E-state index contributed by atoms with van der Waals surface area (Å²) in [5.41, 5.74) is 2.82. The third-order valence-electron chi connectivity index (χ3n) is 3.05. The predicted octanol–water partition coefficient (Wildman–Crippen LogP) is 1.64. The molecule has 1 aromatic carbocycles. The van der Waals surface area contributed by atoms with Gasteiger partial charge in [0.25, 0.3) is 0 Å². The Labute approximate surface area is 107 Å². The van der Waals surface area contributed by atoms with Crippen LogP contribution in [-0.2, 0) is 9.53 Å². The summed E-state index contributed by atoms with van der Waals surface area (Å²) in [7, 11) is 2.97. The first-order chi connectivity index (χ1) is 8.49. The monoisotopic (exact) mass is 249 g/mol. The first-order valence-electron chi connectivity index (χ1n) is 5.85. The Morgan fingerprint density at radius 2 is 1.94 bits per heavy atom. The number of ketones is 1. The van der Waals surface area contributed by atoms with E-state index in [0.717, 1.165) is 11.1 Å². The van der Waals surface area contributed by atoms with Crippen molar-refractivity contribution in [2.45, 2.75) is 26.3 Å². The molecular weight excluding hydrogens is 230 g/mol. The number of Topliss-reactive ketones (excluding diaryl/α,β-unsaturated/α-hetero) is 1. The van der Waals surface area contributed by atoms with Crippen LogP contribution in [0.4, 0.5) is 0 Å². The summed E-state index contributed by atoms with van der Waals surface area (Å²) in [6.07, 6.45) is 0.0404. The van der Waals surface area contributed by atoms with E-state index in [2.05, 4.69) is 10.1 Å². The summed E-state index contributed by atoms with van der Waals surface area (Å²) in [4.78, 5) is 23.4. The zero-order valence-corrected chi connectivity index (χ0v) is 11.2. The fraction of sp³-hybridized carbons (Fsp3) is 0.429. The van der Waals surface area contributed by atoms with E-state index in [-0.39, 0.29) is 12.2 Å². The molecule has 0 heterocycles. The first-order valence-corrected chi connectivity index (χ1v) is 5.85. The van der Waals surface area contributed by atoms with Gasteiger partial charge in [0, 0.05) is 5.56 Å². The van der Waals surface area contributed by atoms with Crippen molar-refractivity contribution in [1.29, 1.82) is 0 Å². The molecule has 0 saturated heterocycles. The van der Waals surface area contributed by atoms with Crippen molar-refractivity contribution in [2.24, 2.45) is 0 Å². The van der Waals surface area contributed by atoms with Crippen molar-refractivity contribution in [2.75, 3.05) is 14.2 Å². The maximum Gasteiger partial charge on any atom is 0.307 e. The number of aryl methyl sites for hydroxylation is 2. The highest BCUT2D eigenvalue weighted by Gasteiger charge is 2.22. The number of carbonyl (C=O) groups is 2. The molecule has 1 atom stereocenters. The number of nitrogens with one attached hydrogen (secondary N) is 1. The van der Waals surface area contributed by atoms with Crippen LogP contribution in [0.2, 0.25) is 0 Å². The maximum atomic E-state index is 12.2. The molecule has 1 rings (SSSR count). The number of likely N-dealkylation sites (N-methyl/N-ethyl adjacent to an activating group) is 1. The molecule has 4 nitrogen and oxygen atoms in total. The number of ether oxygens (including phenoxy) is 1. The maximum absolute atomic E-state index is 12.2. The summed E-state index contributed by atoms with van der Waals surface area (Å²) < 4.78 is 4.58. The van der Waals surface area contributed by atoms with Gasteiger partial charge in [0.2, 0.25) is 0 Å². The van der Waals surface area contributed by atoms with Crippen molar-refractivity contribution in [3.8, 4) is 0 Å². The number of methoxy groups -OCH3 is 1. The Kier molecular flexibility index (Phi) is 5.04. The molecule has 0 radical (unpaired) electrons. The van der Waals surface area contributed by atoms with Gasteiger partial charge in [-0.15, -0.1) is 0 Å². The lowest BCUT2D eigenvalue weighted by Crippen LogP contribution is -2.36. The second-order valence-corrected chi connectivity index (χ2v) is 4.28. The third kappa shape index (κ3) is 3.40. The van der Waals surface area contributed by atoms with E-state index in [1.165, 1.54) is 7.11 Å². The van der Waals surface area contributed by atoms with Crippen molar-refractivity contribution in [3.63, 3.8) is 0 Å². The van der Waals surface area contributed by atoms with E-state index in [1.54, 1.807) is 13.1 Å². The Morgan fingerprint density at radius 1 is 1.28 bits per heavy atom. The molecule has 0 aliphatic rings. The van der Waals surface area contributed by atoms with Gasteiger partial charge >= 0.3 is 5.97 Å². The van der Waals surface area contributed by atoms with Crippen LogP contribution >= 0.6 is 0 Å². The van der Waals surface area contributed by atoms with Crippen LogP contribution < -0.4 is 5.32 Å². The summed E-state index contributed by atoms with van der Waals surface area (Å²) >= 11 is 0. The second kappa shape index (κ2) is 6.31. The molecule has 18 heavy (non-hydrogen) atoms. The highest BCUT2D eigenvalue weighted by atomic mass is 16.5. The molecule has 1 N–H and O–H groups in total. The molecule has 4 heteroatoms. The zero-order valence-electron chi connectivity index (χ0n) is 11.2. The van der Waals surface area contributed by atoms with E-state index in [4.69, 9.17) is 0 Å². The number of carbonyl (C=O) groups excluding carboxylic acids is 2. The smallest absolute Gasteiger partial charge is 0.307 e. The van der Waals surface area contributed by atoms with Crippen molar-refractivity contribution in [3.05, 3.63) is 34.9 Å². The van der Waals surface area contributed by atoms with Gasteiger partial charge in [-0.25, -0.2) is 0 Å². The van der Waals surface area contributed by atoms with Gasteiger partial charge in [-0.05, 0) is 38.1 Å². The minimum Gasteiger partial charge on any atom is -0.469 e. The molecule has 0 saturated carbocycles. The van der Waals surface area contributed by atoms with Crippen molar-refractivity contribution >= 4 is 11.8 Å². The Hall–Kier alpha value is -1.68. The van der Waals surface area contributed by atoms with Crippen molar-refractivity contribution < 1.29 is 14.3 Å². The quantitative estimate of drug-likeness (QED) is 0.636. The summed E-state index contributed by atoms with van der Waals surface area (Å²) in [5, 5.41) is 2.85. The van der Waals surface area contributed by atoms with Crippen molar-refractivity contribution in [1.82, 2.24) is 5.32 Å². The molecule has 0 aliphatic carbocycles. The Bertz CT molecular complexity index is 454. The first kappa shape index (κ1) is 14.4. The second-order valence-electron chi connectivity index (χ2n) is 4.28. The summed E-state index contributed by atoms with van der Waals surface area (Å²) in [6, 6.07) is 5.00. The topological polar surface area (TPSA) is 55.4 Å². The van der Waals surface area contributed by atoms with Gasteiger partial charge in [0.05, 0.1) is 19.6 Å².